The predicted molar refractivity (Wildman–Crippen MR) is 98.9 cm³/mol. The molecule has 5 heteroatoms. The van der Waals surface area contributed by atoms with E-state index in [0.29, 0.717) is 25.2 Å². The third-order valence-corrected chi connectivity index (χ3v) is 2.97. The van der Waals surface area contributed by atoms with Gasteiger partial charge in [-0.15, -0.1) is 24.0 Å². The minimum absolute atomic E-state index is 0. The monoisotopic (exact) mass is 399 g/mol. The molecule has 122 valence electrons. The Morgan fingerprint density at radius 3 is 2.45 bits per heavy atom. The van der Waals surface area contributed by atoms with Crippen molar-refractivity contribution in [2.75, 3.05) is 19.8 Å². The van der Waals surface area contributed by atoms with Gasteiger partial charge in [-0.3, -0.25) is 4.99 Å². The number of unbranched alkanes of at least 4 members (excludes halogenated alkanes) is 1. The van der Waals surface area contributed by atoms with Gasteiger partial charge in [-0.1, -0.05) is 40.0 Å². The summed E-state index contributed by atoms with van der Waals surface area (Å²) in [7, 11) is 0. The largest absolute Gasteiger partial charge is 0.380 e. The van der Waals surface area contributed by atoms with E-state index in [0.717, 1.165) is 25.4 Å². The van der Waals surface area contributed by atoms with Crippen LogP contribution in [0.5, 0.6) is 0 Å². The number of aliphatic imine (C=N–C) groups is 1. The highest BCUT2D eigenvalue weighted by Gasteiger charge is 2.03. The van der Waals surface area contributed by atoms with Crippen molar-refractivity contribution in [3.05, 3.63) is 0 Å². The molecule has 1 atom stereocenters. The number of nitrogens with one attached hydrogen (secondary N) is 1. The zero-order valence-electron chi connectivity index (χ0n) is 13.7. The third-order valence-electron chi connectivity index (χ3n) is 2.97. The Hall–Kier alpha value is -0.0400. The molecule has 0 saturated heterocycles. The minimum Gasteiger partial charge on any atom is -0.380 e. The molecule has 0 spiro atoms. The molecule has 0 aliphatic rings. The number of nitrogens with two attached hydrogens (primary N) is 1. The number of guanidine groups is 1. The first kappa shape index (κ1) is 22.2. The number of hydrogen-bond acceptors (Lipinski definition) is 2. The van der Waals surface area contributed by atoms with Gasteiger partial charge in [0.25, 0.3) is 0 Å². The molecule has 0 fully saturated rings. The van der Waals surface area contributed by atoms with Crippen molar-refractivity contribution in [2.45, 2.75) is 65.8 Å². The van der Waals surface area contributed by atoms with Crippen molar-refractivity contribution in [3.8, 4) is 0 Å². The molecular formula is C15H34IN3O. The smallest absolute Gasteiger partial charge is 0.188 e. The molecule has 4 nitrogen and oxygen atoms in total. The Morgan fingerprint density at radius 2 is 1.85 bits per heavy atom. The van der Waals surface area contributed by atoms with Crippen LogP contribution in [0.4, 0.5) is 0 Å². The summed E-state index contributed by atoms with van der Waals surface area (Å²) >= 11 is 0. The van der Waals surface area contributed by atoms with Crippen molar-refractivity contribution in [1.29, 1.82) is 0 Å². The number of hydrogen-bond donors (Lipinski definition) is 2. The van der Waals surface area contributed by atoms with Crippen LogP contribution in [0, 0.1) is 5.92 Å². The topological polar surface area (TPSA) is 59.6 Å². The van der Waals surface area contributed by atoms with Gasteiger partial charge in [-0.25, -0.2) is 0 Å². The average Bonchev–Trinajstić information content (AvgIpc) is 2.33. The highest BCUT2D eigenvalue weighted by Crippen LogP contribution is 2.07. The van der Waals surface area contributed by atoms with Gasteiger partial charge >= 0.3 is 0 Å². The van der Waals surface area contributed by atoms with Crippen molar-refractivity contribution in [1.82, 2.24) is 5.32 Å². The maximum Gasteiger partial charge on any atom is 0.188 e. The maximum absolute atomic E-state index is 5.83. The van der Waals surface area contributed by atoms with Crippen LogP contribution in [0.15, 0.2) is 4.99 Å². The van der Waals surface area contributed by atoms with Crippen molar-refractivity contribution in [2.24, 2.45) is 16.6 Å². The molecule has 0 saturated carbocycles. The Kier molecular flexibility index (Phi) is 17.1. The molecule has 0 aromatic heterocycles. The summed E-state index contributed by atoms with van der Waals surface area (Å²) in [5, 5.41) is 3.23. The standard InChI is InChI=1S/C15H33N3O.HI/c1-5-6-11-19-12-10-17-15(16)18-14(4)9-7-8-13(2)3;/h13-14H,5-12H2,1-4H3,(H3,16,17,18);1H. The van der Waals surface area contributed by atoms with Gasteiger partial charge in [0.1, 0.15) is 0 Å². The lowest BCUT2D eigenvalue weighted by Gasteiger charge is -2.15. The van der Waals surface area contributed by atoms with E-state index in [9.17, 15) is 0 Å². The molecule has 0 rings (SSSR count). The second-order valence-electron chi connectivity index (χ2n) is 5.60. The first-order valence-corrected chi connectivity index (χ1v) is 7.70. The lowest BCUT2D eigenvalue weighted by Crippen LogP contribution is -2.38. The molecule has 0 aromatic carbocycles. The number of nitrogens with zero attached hydrogens (tertiary/aromatic N) is 1. The maximum atomic E-state index is 5.83. The molecule has 0 heterocycles. The summed E-state index contributed by atoms with van der Waals surface area (Å²) in [5.41, 5.74) is 5.83. The zero-order valence-corrected chi connectivity index (χ0v) is 16.0. The van der Waals surface area contributed by atoms with E-state index in [1.807, 2.05) is 0 Å². The lowest BCUT2D eigenvalue weighted by atomic mass is 10.0. The van der Waals surface area contributed by atoms with Gasteiger partial charge in [-0.05, 0) is 25.7 Å². The molecular weight excluding hydrogens is 365 g/mol. The Labute approximate surface area is 142 Å². The third kappa shape index (κ3) is 16.0. The highest BCUT2D eigenvalue weighted by atomic mass is 127. The molecule has 3 N–H and O–H groups in total. The molecule has 0 aromatic rings. The molecule has 1 unspecified atom stereocenters. The van der Waals surface area contributed by atoms with E-state index < -0.39 is 0 Å². The van der Waals surface area contributed by atoms with Gasteiger partial charge in [0.15, 0.2) is 5.96 Å². The second-order valence-corrected chi connectivity index (χ2v) is 5.60. The van der Waals surface area contributed by atoms with Crippen LogP contribution in [-0.4, -0.2) is 31.8 Å². The molecule has 20 heavy (non-hydrogen) atoms. The van der Waals surface area contributed by atoms with Gasteiger partial charge in [0.2, 0.25) is 0 Å². The van der Waals surface area contributed by atoms with E-state index in [1.165, 1.54) is 19.3 Å². The van der Waals surface area contributed by atoms with Crippen LogP contribution < -0.4 is 11.1 Å². The van der Waals surface area contributed by atoms with Gasteiger partial charge < -0.3 is 15.8 Å². The quantitative estimate of drug-likeness (QED) is 0.242. The highest BCUT2D eigenvalue weighted by molar-refractivity contribution is 14.0. The van der Waals surface area contributed by atoms with Gasteiger partial charge in [-0.2, -0.15) is 0 Å². The number of rotatable bonds is 11. The van der Waals surface area contributed by atoms with Gasteiger partial charge in [0.05, 0.1) is 13.2 Å². The summed E-state index contributed by atoms with van der Waals surface area (Å²) < 4.78 is 5.43. The average molecular weight is 399 g/mol. The lowest BCUT2D eigenvalue weighted by molar-refractivity contribution is 0.139. The molecule has 0 aliphatic carbocycles. The fourth-order valence-electron chi connectivity index (χ4n) is 1.78. The molecule has 0 radical (unpaired) electrons. The van der Waals surface area contributed by atoms with Crippen LogP contribution in [-0.2, 0) is 4.74 Å². The number of ether oxygens (including phenoxy) is 1. The second kappa shape index (κ2) is 15.4. The molecule has 0 aliphatic heterocycles. The van der Waals surface area contributed by atoms with Crippen LogP contribution in [0.1, 0.15) is 59.8 Å². The van der Waals surface area contributed by atoms with E-state index in [1.54, 1.807) is 0 Å². The van der Waals surface area contributed by atoms with Crippen LogP contribution >= 0.6 is 24.0 Å². The zero-order chi connectivity index (χ0) is 14.5. The Morgan fingerprint density at radius 1 is 1.15 bits per heavy atom. The predicted octanol–water partition coefficient (Wildman–Crippen LogP) is 3.54. The summed E-state index contributed by atoms with van der Waals surface area (Å²) in [6.07, 6.45) is 5.93. The van der Waals surface area contributed by atoms with Crippen LogP contribution in [0.25, 0.3) is 0 Å². The fourth-order valence-corrected chi connectivity index (χ4v) is 1.78. The first-order chi connectivity index (χ1) is 9.06. The van der Waals surface area contributed by atoms with E-state index in [-0.39, 0.29) is 24.0 Å². The Bertz CT molecular complexity index is 235. The minimum atomic E-state index is 0. The summed E-state index contributed by atoms with van der Waals surface area (Å²) in [6, 6.07) is 0.392. The van der Waals surface area contributed by atoms with Crippen molar-refractivity contribution >= 4 is 29.9 Å². The SMILES string of the molecule is CCCCOCCN=C(N)NC(C)CCCC(C)C.I. The summed E-state index contributed by atoms with van der Waals surface area (Å²) in [4.78, 5) is 4.26. The fraction of sp³-hybridized carbons (Fsp3) is 0.933. The van der Waals surface area contributed by atoms with Gasteiger partial charge in [0, 0.05) is 12.6 Å². The first-order valence-electron chi connectivity index (χ1n) is 7.70. The van der Waals surface area contributed by atoms with Crippen LogP contribution in [0.2, 0.25) is 0 Å². The molecule has 0 amide bonds. The van der Waals surface area contributed by atoms with E-state index in [4.69, 9.17) is 10.5 Å². The number of halogens is 1. The summed E-state index contributed by atoms with van der Waals surface area (Å²) in [6.45, 7) is 10.9. The molecule has 0 bridgehead atoms. The summed E-state index contributed by atoms with van der Waals surface area (Å²) in [5.74, 6) is 1.31. The van der Waals surface area contributed by atoms with Crippen molar-refractivity contribution < 1.29 is 4.74 Å². The van der Waals surface area contributed by atoms with E-state index >= 15 is 0 Å². The van der Waals surface area contributed by atoms with E-state index in [2.05, 4.69) is 38.0 Å². The van der Waals surface area contributed by atoms with Crippen molar-refractivity contribution in [3.63, 3.8) is 0 Å². The normalized spacial score (nSPS) is 13.2. The van der Waals surface area contributed by atoms with Crippen LogP contribution in [0.3, 0.4) is 0 Å². The Balaban J connectivity index is 0.